The van der Waals surface area contributed by atoms with E-state index in [4.69, 9.17) is 33.2 Å². The van der Waals surface area contributed by atoms with Gasteiger partial charge in [0.05, 0.1) is 38.5 Å². The number of rotatable bonds is 0. The van der Waals surface area contributed by atoms with E-state index in [2.05, 4.69) is 5.32 Å². The molecule has 1 aromatic carbocycles. The van der Waals surface area contributed by atoms with Crippen LogP contribution in [0.3, 0.4) is 0 Å². The summed E-state index contributed by atoms with van der Waals surface area (Å²) in [6, 6.07) is 4.53. The molecule has 0 saturated carbocycles. The second kappa shape index (κ2) is 3.80. The van der Waals surface area contributed by atoms with Gasteiger partial charge in [0, 0.05) is 12.5 Å². The van der Waals surface area contributed by atoms with E-state index < -0.39 is 0 Å². The van der Waals surface area contributed by atoms with Crippen LogP contribution < -0.4 is 5.32 Å². The van der Waals surface area contributed by atoms with Gasteiger partial charge in [0.25, 0.3) is 0 Å². The highest BCUT2D eigenvalue weighted by Gasteiger charge is 2.34. The van der Waals surface area contributed by atoms with Gasteiger partial charge in [-0.25, -0.2) is 9.97 Å². The van der Waals surface area contributed by atoms with Crippen molar-refractivity contribution in [1.29, 1.82) is 0 Å². The maximum atomic E-state index is 6.03. The number of hydrogen-bond donors (Lipinski definition) is 1. The highest BCUT2D eigenvalue weighted by atomic mass is 35.5. The van der Waals surface area contributed by atoms with E-state index in [1.54, 1.807) is 12.1 Å². The van der Waals surface area contributed by atoms with Crippen LogP contribution in [0.1, 0.15) is 30.3 Å². The molecule has 0 spiro atoms. The highest BCUT2D eigenvalue weighted by Crippen LogP contribution is 2.35. The van der Waals surface area contributed by atoms with Crippen LogP contribution in [0.2, 0.25) is 10.0 Å². The molecule has 2 bridgehead atoms. The highest BCUT2D eigenvalue weighted by molar-refractivity contribution is 6.42. The lowest BCUT2D eigenvalue weighted by Crippen LogP contribution is -2.33. The standard InChI is InChI=1S/C13H11Cl2N3/c14-7-4-10-11(5-8(7)15)18-13-9-2-1-6(16-9)3-12(13)17-10/h4-6,9,16H,1-3H2/t6?,9-/m0/s1. The van der Waals surface area contributed by atoms with Gasteiger partial charge < -0.3 is 5.32 Å². The first-order valence-corrected chi connectivity index (χ1v) is 6.88. The van der Waals surface area contributed by atoms with Crippen molar-refractivity contribution < 1.29 is 0 Å². The first kappa shape index (κ1) is 11.0. The van der Waals surface area contributed by atoms with Gasteiger partial charge in [-0.2, -0.15) is 0 Å². The molecule has 1 saturated heterocycles. The fourth-order valence-corrected chi connectivity index (χ4v) is 3.28. The number of hydrogen-bond acceptors (Lipinski definition) is 3. The molecule has 1 fully saturated rings. The topological polar surface area (TPSA) is 37.8 Å². The molecule has 92 valence electrons. The second-order valence-corrected chi connectivity index (χ2v) is 5.82. The Bertz CT molecular complexity index is 656. The Morgan fingerprint density at radius 1 is 1.06 bits per heavy atom. The van der Waals surface area contributed by atoms with Gasteiger partial charge in [0.1, 0.15) is 0 Å². The van der Waals surface area contributed by atoms with Crippen molar-refractivity contribution in [2.45, 2.75) is 31.3 Å². The van der Waals surface area contributed by atoms with Crippen LogP contribution in [0.25, 0.3) is 11.0 Å². The van der Waals surface area contributed by atoms with Crippen molar-refractivity contribution in [1.82, 2.24) is 15.3 Å². The maximum absolute atomic E-state index is 6.03. The number of aromatic nitrogens is 2. The SMILES string of the molecule is Clc1cc2nc3c(nc2cc1Cl)[C@@H]1CCC(C3)N1. The van der Waals surface area contributed by atoms with Crippen molar-refractivity contribution in [2.75, 3.05) is 0 Å². The average Bonchev–Trinajstić information content (AvgIpc) is 2.73. The van der Waals surface area contributed by atoms with E-state index in [0.717, 1.165) is 35.3 Å². The molecular formula is C13H11Cl2N3. The van der Waals surface area contributed by atoms with Crippen LogP contribution in [0, 0.1) is 0 Å². The van der Waals surface area contributed by atoms with Crippen LogP contribution in [-0.2, 0) is 6.42 Å². The first-order valence-electron chi connectivity index (χ1n) is 6.12. The molecule has 2 aromatic rings. The molecule has 1 N–H and O–H groups in total. The quantitative estimate of drug-likeness (QED) is 0.804. The Morgan fingerprint density at radius 3 is 2.56 bits per heavy atom. The summed E-state index contributed by atoms with van der Waals surface area (Å²) in [7, 11) is 0. The van der Waals surface area contributed by atoms with Gasteiger partial charge in [-0.15, -0.1) is 0 Å². The predicted molar refractivity (Wildman–Crippen MR) is 72.2 cm³/mol. The molecule has 2 atom stereocenters. The van der Waals surface area contributed by atoms with E-state index >= 15 is 0 Å². The van der Waals surface area contributed by atoms with Gasteiger partial charge in [0.2, 0.25) is 0 Å². The number of nitrogens with zero attached hydrogens (tertiary/aromatic N) is 2. The van der Waals surface area contributed by atoms with Crippen LogP contribution in [-0.4, -0.2) is 16.0 Å². The van der Waals surface area contributed by atoms with Crippen molar-refractivity contribution in [3.8, 4) is 0 Å². The van der Waals surface area contributed by atoms with Crippen LogP contribution >= 0.6 is 23.2 Å². The van der Waals surface area contributed by atoms with Crippen LogP contribution in [0.5, 0.6) is 0 Å². The lowest BCUT2D eigenvalue weighted by atomic mass is 10.1. The van der Waals surface area contributed by atoms with E-state index in [-0.39, 0.29) is 0 Å². The summed E-state index contributed by atoms with van der Waals surface area (Å²) in [5.41, 5.74) is 3.88. The second-order valence-electron chi connectivity index (χ2n) is 5.01. The van der Waals surface area contributed by atoms with E-state index in [1.165, 1.54) is 6.42 Å². The molecule has 2 aliphatic heterocycles. The van der Waals surface area contributed by atoms with E-state index in [1.807, 2.05) is 0 Å². The Labute approximate surface area is 115 Å². The van der Waals surface area contributed by atoms with Crippen LogP contribution in [0.4, 0.5) is 0 Å². The Morgan fingerprint density at radius 2 is 1.78 bits per heavy atom. The van der Waals surface area contributed by atoms with Gasteiger partial charge in [-0.3, -0.25) is 0 Å². The minimum Gasteiger partial charge on any atom is -0.305 e. The zero-order chi connectivity index (χ0) is 12.3. The molecule has 0 amide bonds. The first-order chi connectivity index (χ1) is 8.70. The molecule has 3 nitrogen and oxygen atoms in total. The molecule has 5 heteroatoms. The monoisotopic (exact) mass is 279 g/mol. The molecule has 2 aliphatic rings. The normalized spacial score (nSPS) is 25.4. The number of fused-ring (bicyclic) bond motifs is 5. The third-order valence-electron chi connectivity index (χ3n) is 3.82. The lowest BCUT2D eigenvalue weighted by Gasteiger charge is -2.23. The Balaban J connectivity index is 1.97. The summed E-state index contributed by atoms with van der Waals surface area (Å²) in [6.07, 6.45) is 3.33. The number of nitrogens with one attached hydrogen (secondary N) is 1. The predicted octanol–water partition coefficient (Wildman–Crippen LogP) is 3.29. The molecule has 18 heavy (non-hydrogen) atoms. The largest absolute Gasteiger partial charge is 0.305 e. The van der Waals surface area contributed by atoms with Crippen LogP contribution in [0.15, 0.2) is 12.1 Å². The lowest BCUT2D eigenvalue weighted by molar-refractivity contribution is 0.497. The number of benzene rings is 1. The van der Waals surface area contributed by atoms with Crippen molar-refractivity contribution in [3.05, 3.63) is 33.6 Å². The van der Waals surface area contributed by atoms with Gasteiger partial charge in [0.15, 0.2) is 0 Å². The molecule has 3 heterocycles. The number of halogens is 2. The van der Waals surface area contributed by atoms with Crippen molar-refractivity contribution in [3.63, 3.8) is 0 Å². The summed E-state index contributed by atoms with van der Waals surface area (Å²) in [4.78, 5) is 9.44. The summed E-state index contributed by atoms with van der Waals surface area (Å²) in [5, 5.41) is 4.65. The molecule has 4 rings (SSSR count). The summed E-state index contributed by atoms with van der Waals surface area (Å²) < 4.78 is 0. The Hall–Kier alpha value is -0.900. The molecule has 0 radical (unpaired) electrons. The maximum Gasteiger partial charge on any atom is 0.0907 e. The molecule has 0 aliphatic carbocycles. The molecule has 1 unspecified atom stereocenters. The average molecular weight is 280 g/mol. The third-order valence-corrected chi connectivity index (χ3v) is 4.54. The molecular weight excluding hydrogens is 269 g/mol. The summed E-state index contributed by atoms with van der Waals surface area (Å²) >= 11 is 12.1. The fraction of sp³-hybridized carbons (Fsp3) is 0.385. The van der Waals surface area contributed by atoms with Gasteiger partial charge >= 0.3 is 0 Å². The van der Waals surface area contributed by atoms with Crippen molar-refractivity contribution in [2.24, 2.45) is 0 Å². The van der Waals surface area contributed by atoms with Crippen molar-refractivity contribution >= 4 is 34.2 Å². The Kier molecular flexibility index (Phi) is 2.31. The zero-order valence-electron chi connectivity index (χ0n) is 9.58. The summed E-state index contributed by atoms with van der Waals surface area (Å²) in [6.45, 7) is 0. The smallest absolute Gasteiger partial charge is 0.0907 e. The van der Waals surface area contributed by atoms with E-state index in [0.29, 0.717) is 22.1 Å². The summed E-state index contributed by atoms with van der Waals surface area (Å²) in [5.74, 6) is 0. The fourth-order valence-electron chi connectivity index (χ4n) is 2.96. The van der Waals surface area contributed by atoms with E-state index in [9.17, 15) is 0 Å². The third kappa shape index (κ3) is 1.54. The van der Waals surface area contributed by atoms with Gasteiger partial charge in [-0.1, -0.05) is 23.2 Å². The minimum absolute atomic E-state index is 0.366. The zero-order valence-corrected chi connectivity index (χ0v) is 11.1. The molecule has 1 aromatic heterocycles. The van der Waals surface area contributed by atoms with Gasteiger partial charge in [-0.05, 0) is 25.0 Å². The minimum atomic E-state index is 0.366.